The van der Waals surface area contributed by atoms with Crippen LogP contribution in [0.4, 0.5) is 20.2 Å². The Morgan fingerprint density at radius 1 is 1.10 bits per heavy atom. The zero-order chi connectivity index (χ0) is 22.2. The second kappa shape index (κ2) is 11.4. The molecule has 0 saturated carbocycles. The minimum atomic E-state index is -0.924. The van der Waals surface area contributed by atoms with Crippen LogP contribution in [-0.4, -0.2) is 51.6 Å². The monoisotopic (exact) mass is 450 g/mol. The third kappa shape index (κ3) is 6.35. The van der Waals surface area contributed by atoms with Crippen LogP contribution in [0.1, 0.15) is 24.8 Å². The van der Waals surface area contributed by atoms with Crippen molar-refractivity contribution in [1.82, 2.24) is 0 Å². The molecule has 168 valence electrons. The fourth-order valence-electron chi connectivity index (χ4n) is 3.61. The van der Waals surface area contributed by atoms with Gasteiger partial charge in [-0.15, -0.1) is 0 Å². The minimum absolute atomic E-state index is 0.110. The first-order chi connectivity index (χ1) is 15.0. The molecule has 1 heterocycles. The van der Waals surface area contributed by atoms with Crippen molar-refractivity contribution in [2.75, 3.05) is 50.7 Å². The van der Waals surface area contributed by atoms with Gasteiger partial charge in [-0.2, -0.15) is 0 Å². The molecular weight excluding hydrogens is 422 g/mol. The zero-order valence-electron chi connectivity index (χ0n) is 17.8. The van der Waals surface area contributed by atoms with Gasteiger partial charge in [-0.1, -0.05) is 12.2 Å². The third-order valence-electron chi connectivity index (χ3n) is 5.23. The SMILES string of the molecule is COCCOC1CCCCN(c2cc(C(=S)Nc3ccc(F)c(F)c3)ccc2OC)C1. The van der Waals surface area contributed by atoms with E-state index in [0.29, 0.717) is 23.9 Å². The Bertz CT molecular complexity index is 897. The first-order valence-electron chi connectivity index (χ1n) is 10.3. The summed E-state index contributed by atoms with van der Waals surface area (Å²) < 4.78 is 43.4. The normalized spacial score (nSPS) is 16.6. The molecule has 3 rings (SSSR count). The number of rotatable bonds is 8. The number of benzene rings is 2. The number of methoxy groups -OCH3 is 2. The van der Waals surface area contributed by atoms with E-state index in [1.165, 1.54) is 6.07 Å². The molecule has 0 bridgehead atoms. The lowest BCUT2D eigenvalue weighted by Gasteiger charge is -2.28. The van der Waals surface area contributed by atoms with Gasteiger partial charge in [0.2, 0.25) is 0 Å². The largest absolute Gasteiger partial charge is 0.495 e. The zero-order valence-corrected chi connectivity index (χ0v) is 18.6. The lowest BCUT2D eigenvalue weighted by molar-refractivity contribution is 0.0183. The number of hydrogen-bond acceptors (Lipinski definition) is 5. The van der Waals surface area contributed by atoms with Crippen LogP contribution in [0.5, 0.6) is 5.75 Å². The summed E-state index contributed by atoms with van der Waals surface area (Å²) in [6.45, 7) is 2.76. The van der Waals surface area contributed by atoms with Crippen molar-refractivity contribution < 1.29 is 23.0 Å². The van der Waals surface area contributed by atoms with Crippen molar-refractivity contribution in [2.45, 2.75) is 25.4 Å². The second-order valence-electron chi connectivity index (χ2n) is 7.40. The van der Waals surface area contributed by atoms with Crippen LogP contribution >= 0.6 is 12.2 Å². The molecule has 1 N–H and O–H groups in total. The number of nitrogens with one attached hydrogen (secondary N) is 1. The number of nitrogens with zero attached hydrogens (tertiary/aromatic N) is 1. The van der Waals surface area contributed by atoms with E-state index in [0.717, 1.165) is 61.5 Å². The Hall–Kier alpha value is -2.29. The molecule has 0 aromatic heterocycles. The van der Waals surface area contributed by atoms with E-state index in [1.807, 2.05) is 18.2 Å². The summed E-state index contributed by atoms with van der Waals surface area (Å²) in [4.78, 5) is 2.67. The van der Waals surface area contributed by atoms with Crippen molar-refractivity contribution in [3.05, 3.63) is 53.6 Å². The smallest absolute Gasteiger partial charge is 0.160 e. The van der Waals surface area contributed by atoms with Crippen LogP contribution in [0.15, 0.2) is 36.4 Å². The summed E-state index contributed by atoms with van der Waals surface area (Å²) in [5, 5.41) is 2.98. The average Bonchev–Trinajstić information content (AvgIpc) is 3.01. The molecule has 1 aliphatic rings. The van der Waals surface area contributed by atoms with Gasteiger partial charge in [0.25, 0.3) is 0 Å². The van der Waals surface area contributed by atoms with Crippen LogP contribution in [0.3, 0.4) is 0 Å². The Morgan fingerprint density at radius 3 is 2.68 bits per heavy atom. The maximum atomic E-state index is 13.5. The molecule has 5 nitrogen and oxygen atoms in total. The minimum Gasteiger partial charge on any atom is -0.495 e. The molecule has 1 aliphatic heterocycles. The number of ether oxygens (including phenoxy) is 3. The highest BCUT2D eigenvalue weighted by atomic mass is 32.1. The second-order valence-corrected chi connectivity index (χ2v) is 7.81. The summed E-state index contributed by atoms with van der Waals surface area (Å²) in [5.74, 6) is -1.07. The Labute approximate surface area is 187 Å². The summed E-state index contributed by atoms with van der Waals surface area (Å²) >= 11 is 5.51. The van der Waals surface area contributed by atoms with Gasteiger partial charge in [-0.25, -0.2) is 8.78 Å². The molecule has 0 aliphatic carbocycles. The van der Waals surface area contributed by atoms with Gasteiger partial charge >= 0.3 is 0 Å². The quantitative estimate of drug-likeness (QED) is 0.461. The van der Waals surface area contributed by atoms with Gasteiger partial charge in [-0.3, -0.25) is 0 Å². The molecule has 1 saturated heterocycles. The number of hydrogen-bond donors (Lipinski definition) is 1. The van der Waals surface area contributed by atoms with Crippen LogP contribution in [0, 0.1) is 11.6 Å². The fourth-order valence-corrected chi connectivity index (χ4v) is 3.86. The summed E-state index contributed by atoms with van der Waals surface area (Å²) in [6.07, 6.45) is 3.25. The van der Waals surface area contributed by atoms with Crippen molar-refractivity contribution in [3.8, 4) is 5.75 Å². The summed E-state index contributed by atoms with van der Waals surface area (Å²) in [5.41, 5.74) is 2.08. The summed E-state index contributed by atoms with van der Waals surface area (Å²) in [6, 6.07) is 9.29. The van der Waals surface area contributed by atoms with Crippen molar-refractivity contribution in [1.29, 1.82) is 0 Å². The number of halogens is 2. The van der Waals surface area contributed by atoms with Crippen LogP contribution in [-0.2, 0) is 9.47 Å². The molecule has 2 aromatic rings. The van der Waals surface area contributed by atoms with Crippen LogP contribution in [0.25, 0.3) is 0 Å². The van der Waals surface area contributed by atoms with E-state index in [-0.39, 0.29) is 6.10 Å². The molecule has 31 heavy (non-hydrogen) atoms. The van der Waals surface area contributed by atoms with Gasteiger partial charge in [0.05, 0.1) is 32.1 Å². The predicted molar refractivity (Wildman–Crippen MR) is 122 cm³/mol. The molecule has 0 radical (unpaired) electrons. The van der Waals surface area contributed by atoms with Crippen molar-refractivity contribution in [2.24, 2.45) is 0 Å². The molecule has 8 heteroatoms. The van der Waals surface area contributed by atoms with Gasteiger partial charge < -0.3 is 24.4 Å². The van der Waals surface area contributed by atoms with Gasteiger partial charge in [0.1, 0.15) is 10.7 Å². The van der Waals surface area contributed by atoms with Gasteiger partial charge in [0, 0.05) is 37.5 Å². The number of anilines is 2. The highest BCUT2D eigenvalue weighted by Crippen LogP contribution is 2.32. The highest BCUT2D eigenvalue weighted by Gasteiger charge is 2.22. The lowest BCUT2D eigenvalue weighted by Crippen LogP contribution is -2.33. The van der Waals surface area contributed by atoms with Gasteiger partial charge in [0.15, 0.2) is 11.6 Å². The van der Waals surface area contributed by atoms with E-state index in [2.05, 4.69) is 10.2 Å². The van der Waals surface area contributed by atoms with Crippen molar-refractivity contribution in [3.63, 3.8) is 0 Å². The average molecular weight is 451 g/mol. The molecular formula is C23H28F2N2O3S. The van der Waals surface area contributed by atoms with Gasteiger partial charge in [-0.05, 0) is 49.6 Å². The molecule has 1 unspecified atom stereocenters. The third-order valence-corrected chi connectivity index (χ3v) is 5.57. The Balaban J connectivity index is 1.78. The molecule has 0 spiro atoms. The maximum absolute atomic E-state index is 13.5. The predicted octanol–water partition coefficient (Wildman–Crippen LogP) is 4.78. The maximum Gasteiger partial charge on any atom is 0.160 e. The topological polar surface area (TPSA) is 43.0 Å². The lowest BCUT2D eigenvalue weighted by atomic mass is 10.1. The Morgan fingerprint density at radius 2 is 1.94 bits per heavy atom. The molecule has 0 amide bonds. The van der Waals surface area contributed by atoms with E-state index < -0.39 is 11.6 Å². The summed E-state index contributed by atoms with van der Waals surface area (Å²) in [7, 11) is 3.30. The molecule has 1 atom stereocenters. The van der Waals surface area contributed by atoms with Crippen LogP contribution in [0.2, 0.25) is 0 Å². The van der Waals surface area contributed by atoms with E-state index in [4.69, 9.17) is 26.4 Å². The van der Waals surface area contributed by atoms with E-state index in [9.17, 15) is 8.78 Å². The van der Waals surface area contributed by atoms with E-state index in [1.54, 1.807) is 14.2 Å². The van der Waals surface area contributed by atoms with E-state index >= 15 is 0 Å². The first-order valence-corrected chi connectivity index (χ1v) is 10.7. The molecule has 2 aromatic carbocycles. The van der Waals surface area contributed by atoms with Crippen LogP contribution < -0.4 is 15.0 Å². The standard InChI is InChI=1S/C23H28F2N2O3S/c1-28-11-12-30-18-5-3-4-10-27(15-18)21-13-16(6-9-22(21)29-2)23(31)26-17-7-8-19(24)20(25)14-17/h6-9,13-14,18H,3-5,10-12,15H2,1-2H3,(H,26,31). The first kappa shape index (κ1) is 23.4. The Kier molecular flexibility index (Phi) is 8.57. The molecule has 1 fully saturated rings. The van der Waals surface area contributed by atoms with Crippen molar-refractivity contribution >= 4 is 28.6 Å². The fraction of sp³-hybridized carbons (Fsp3) is 0.435. The highest BCUT2D eigenvalue weighted by molar-refractivity contribution is 7.81. The number of thiocarbonyl (C=S) groups is 1.